The molecule has 0 aliphatic carbocycles. The van der Waals surface area contributed by atoms with E-state index >= 15 is 0 Å². The van der Waals surface area contributed by atoms with Crippen LogP contribution < -0.4 is 15.2 Å². The fourth-order valence-electron chi connectivity index (χ4n) is 1.67. The maximum Gasteiger partial charge on any atom is 0.162 e. The van der Waals surface area contributed by atoms with Crippen molar-refractivity contribution in [2.75, 3.05) is 20.0 Å². The zero-order valence-corrected chi connectivity index (χ0v) is 9.52. The van der Waals surface area contributed by atoms with E-state index in [0.29, 0.717) is 33.8 Å². The molecule has 1 aromatic carbocycles. The quantitative estimate of drug-likeness (QED) is 0.847. The van der Waals surface area contributed by atoms with Gasteiger partial charge < -0.3 is 15.2 Å². The van der Waals surface area contributed by atoms with Crippen LogP contribution in [0.5, 0.6) is 11.5 Å². The molecule has 0 saturated carbocycles. The summed E-state index contributed by atoms with van der Waals surface area (Å²) in [7, 11) is 3.08. The van der Waals surface area contributed by atoms with Crippen molar-refractivity contribution in [1.29, 1.82) is 5.26 Å². The number of nitrogens with zero attached hydrogens (tertiary/aromatic N) is 2. The molecule has 0 amide bonds. The number of methoxy groups -OCH3 is 2. The van der Waals surface area contributed by atoms with Crippen molar-refractivity contribution in [3.63, 3.8) is 0 Å². The maximum atomic E-state index is 9.04. The normalized spacial score (nSPS) is 9.94. The van der Waals surface area contributed by atoms with E-state index in [9.17, 15) is 0 Å². The van der Waals surface area contributed by atoms with Gasteiger partial charge in [-0.15, -0.1) is 0 Å². The summed E-state index contributed by atoms with van der Waals surface area (Å²) in [6.07, 6.45) is 0. The molecule has 0 spiro atoms. The summed E-state index contributed by atoms with van der Waals surface area (Å²) in [6.45, 7) is 0. The van der Waals surface area contributed by atoms with Crippen molar-refractivity contribution in [3.8, 4) is 17.6 Å². The Hall–Kier alpha value is -2.48. The fraction of sp³-hybridized carbons (Fsp3) is 0.167. The van der Waals surface area contributed by atoms with Crippen molar-refractivity contribution >= 4 is 16.7 Å². The molecule has 86 valence electrons. The lowest BCUT2D eigenvalue weighted by atomic mass is 10.1. The topological polar surface area (TPSA) is 81.2 Å². The van der Waals surface area contributed by atoms with Crippen LogP contribution in [0.1, 0.15) is 5.56 Å². The number of fused-ring (bicyclic) bond motifs is 1. The van der Waals surface area contributed by atoms with E-state index in [-0.39, 0.29) is 0 Å². The highest BCUT2D eigenvalue weighted by Gasteiger charge is 2.10. The van der Waals surface area contributed by atoms with Crippen LogP contribution in [0.25, 0.3) is 10.9 Å². The number of ether oxygens (including phenoxy) is 2. The van der Waals surface area contributed by atoms with E-state index in [2.05, 4.69) is 11.1 Å². The van der Waals surface area contributed by atoms with Gasteiger partial charge in [0.25, 0.3) is 0 Å². The number of nitriles is 1. The Morgan fingerprint density at radius 2 is 1.82 bits per heavy atom. The lowest BCUT2D eigenvalue weighted by Gasteiger charge is -2.09. The third-order valence-corrected chi connectivity index (χ3v) is 2.45. The lowest BCUT2D eigenvalue weighted by molar-refractivity contribution is 0.356. The second-order valence-electron chi connectivity index (χ2n) is 3.43. The molecule has 17 heavy (non-hydrogen) atoms. The summed E-state index contributed by atoms with van der Waals surface area (Å²) >= 11 is 0. The van der Waals surface area contributed by atoms with Gasteiger partial charge in [0.1, 0.15) is 5.82 Å². The molecule has 0 fully saturated rings. The SMILES string of the molecule is COc1cc2nc(N)cc(C#N)c2cc1OC. The Labute approximate surface area is 98.4 Å². The van der Waals surface area contributed by atoms with E-state index in [0.717, 1.165) is 0 Å². The van der Waals surface area contributed by atoms with E-state index in [1.165, 1.54) is 6.07 Å². The second-order valence-corrected chi connectivity index (χ2v) is 3.43. The molecular formula is C12H11N3O2. The lowest BCUT2D eigenvalue weighted by Crippen LogP contribution is -1.96. The first-order valence-corrected chi connectivity index (χ1v) is 4.92. The van der Waals surface area contributed by atoms with Gasteiger partial charge >= 0.3 is 0 Å². The summed E-state index contributed by atoms with van der Waals surface area (Å²) in [5, 5.41) is 9.74. The highest BCUT2D eigenvalue weighted by Crippen LogP contribution is 2.33. The predicted molar refractivity (Wildman–Crippen MR) is 64.0 cm³/mol. The minimum atomic E-state index is 0.307. The molecule has 1 heterocycles. The van der Waals surface area contributed by atoms with E-state index < -0.39 is 0 Å². The van der Waals surface area contributed by atoms with Gasteiger partial charge in [-0.1, -0.05) is 0 Å². The predicted octanol–water partition coefficient (Wildman–Crippen LogP) is 1.71. The van der Waals surface area contributed by atoms with E-state index in [1.54, 1.807) is 26.4 Å². The van der Waals surface area contributed by atoms with Gasteiger partial charge in [0, 0.05) is 11.5 Å². The molecule has 0 aliphatic rings. The highest BCUT2D eigenvalue weighted by molar-refractivity contribution is 5.89. The number of hydrogen-bond acceptors (Lipinski definition) is 5. The molecule has 0 radical (unpaired) electrons. The Bertz CT molecular complexity index is 617. The van der Waals surface area contributed by atoms with Crippen molar-refractivity contribution in [2.45, 2.75) is 0 Å². The smallest absolute Gasteiger partial charge is 0.162 e. The zero-order valence-electron chi connectivity index (χ0n) is 9.52. The standard InChI is InChI=1S/C12H11N3O2/c1-16-10-4-8-7(6-13)3-12(14)15-9(8)5-11(10)17-2/h3-5H,1-2H3,(H2,14,15). The number of nitrogens with two attached hydrogens (primary N) is 1. The number of anilines is 1. The largest absolute Gasteiger partial charge is 0.493 e. The molecule has 5 heteroatoms. The number of pyridine rings is 1. The van der Waals surface area contributed by atoms with Gasteiger partial charge in [0.2, 0.25) is 0 Å². The van der Waals surface area contributed by atoms with Gasteiger partial charge in [0.05, 0.1) is 31.4 Å². The minimum absolute atomic E-state index is 0.307. The Balaban J connectivity index is 2.83. The minimum Gasteiger partial charge on any atom is -0.493 e. The molecule has 5 nitrogen and oxygen atoms in total. The summed E-state index contributed by atoms with van der Waals surface area (Å²) in [4.78, 5) is 4.16. The van der Waals surface area contributed by atoms with Crippen LogP contribution in [0.15, 0.2) is 18.2 Å². The number of hydrogen-bond donors (Lipinski definition) is 1. The van der Waals surface area contributed by atoms with Gasteiger partial charge in [-0.25, -0.2) is 4.98 Å². The van der Waals surface area contributed by atoms with Crippen LogP contribution >= 0.6 is 0 Å². The van der Waals surface area contributed by atoms with E-state index in [4.69, 9.17) is 20.5 Å². The summed E-state index contributed by atoms with van der Waals surface area (Å²) in [5.41, 5.74) is 6.70. The van der Waals surface area contributed by atoms with Crippen molar-refractivity contribution < 1.29 is 9.47 Å². The zero-order chi connectivity index (χ0) is 12.4. The van der Waals surface area contributed by atoms with Gasteiger partial charge in [0.15, 0.2) is 11.5 Å². The van der Waals surface area contributed by atoms with Crippen LogP contribution in [0.2, 0.25) is 0 Å². The third kappa shape index (κ3) is 1.81. The van der Waals surface area contributed by atoms with Crippen molar-refractivity contribution in [2.24, 2.45) is 0 Å². The number of nitrogen functional groups attached to an aromatic ring is 1. The monoisotopic (exact) mass is 229 g/mol. The average molecular weight is 229 g/mol. The van der Waals surface area contributed by atoms with Gasteiger partial charge in [-0.3, -0.25) is 0 Å². The molecule has 2 rings (SSSR count). The summed E-state index contributed by atoms with van der Waals surface area (Å²) in [6, 6.07) is 7.04. The van der Waals surface area contributed by atoms with Crippen molar-refractivity contribution in [3.05, 3.63) is 23.8 Å². The summed E-state index contributed by atoms with van der Waals surface area (Å²) < 4.78 is 10.3. The fourth-order valence-corrected chi connectivity index (χ4v) is 1.67. The van der Waals surface area contributed by atoms with Crippen LogP contribution in [0.3, 0.4) is 0 Å². The van der Waals surface area contributed by atoms with Gasteiger partial charge in [-0.2, -0.15) is 5.26 Å². The molecule has 1 aromatic heterocycles. The average Bonchev–Trinajstić information content (AvgIpc) is 2.35. The molecule has 0 atom stereocenters. The number of aromatic nitrogens is 1. The molecule has 2 aromatic rings. The first-order valence-electron chi connectivity index (χ1n) is 4.92. The molecular weight excluding hydrogens is 218 g/mol. The molecule has 0 saturated heterocycles. The van der Waals surface area contributed by atoms with Crippen molar-refractivity contribution in [1.82, 2.24) is 4.98 Å². The van der Waals surface area contributed by atoms with E-state index in [1.807, 2.05) is 0 Å². The third-order valence-electron chi connectivity index (χ3n) is 2.45. The Morgan fingerprint density at radius 1 is 1.18 bits per heavy atom. The van der Waals surface area contributed by atoms with Crippen LogP contribution in [-0.4, -0.2) is 19.2 Å². The molecule has 0 bridgehead atoms. The van der Waals surface area contributed by atoms with Gasteiger partial charge in [-0.05, 0) is 12.1 Å². The first kappa shape index (κ1) is 11.0. The first-order chi connectivity index (χ1) is 8.19. The van der Waals surface area contributed by atoms with Crippen LogP contribution in [-0.2, 0) is 0 Å². The highest BCUT2D eigenvalue weighted by atomic mass is 16.5. The second kappa shape index (κ2) is 4.18. The molecule has 0 aliphatic heterocycles. The Morgan fingerprint density at radius 3 is 2.41 bits per heavy atom. The van der Waals surface area contributed by atoms with Crippen LogP contribution in [0, 0.1) is 11.3 Å². The molecule has 2 N–H and O–H groups in total. The maximum absolute atomic E-state index is 9.04. The number of benzene rings is 1. The summed E-state index contributed by atoms with van der Waals surface area (Å²) in [5.74, 6) is 1.42. The van der Waals surface area contributed by atoms with Crippen LogP contribution in [0.4, 0.5) is 5.82 Å². The molecule has 0 unspecified atom stereocenters. The number of rotatable bonds is 2. The Kier molecular flexibility index (Phi) is 2.71.